The third kappa shape index (κ3) is 3.61. The van der Waals surface area contributed by atoms with Gasteiger partial charge in [0.15, 0.2) is 11.5 Å². The normalized spacial score (nSPS) is 23.1. The highest BCUT2D eigenvalue weighted by atomic mass is 16.5. The molecular formula is C15H23NO3. The maximum Gasteiger partial charge on any atom is 0.161 e. The SMILES string of the molecule is COc1ccc(COC2(C)CCCNC2)cc1OC. The summed E-state index contributed by atoms with van der Waals surface area (Å²) in [6.45, 7) is 4.77. The van der Waals surface area contributed by atoms with Crippen molar-refractivity contribution in [2.75, 3.05) is 27.3 Å². The van der Waals surface area contributed by atoms with Crippen molar-refractivity contribution in [3.8, 4) is 11.5 Å². The zero-order valence-electron chi connectivity index (χ0n) is 12.0. The zero-order valence-corrected chi connectivity index (χ0v) is 12.0. The van der Waals surface area contributed by atoms with E-state index in [0.717, 1.165) is 36.6 Å². The fourth-order valence-corrected chi connectivity index (χ4v) is 2.38. The fourth-order valence-electron chi connectivity index (χ4n) is 2.38. The summed E-state index contributed by atoms with van der Waals surface area (Å²) in [5.74, 6) is 1.49. The van der Waals surface area contributed by atoms with Gasteiger partial charge in [-0.25, -0.2) is 0 Å². The molecule has 0 bridgehead atoms. The van der Waals surface area contributed by atoms with Crippen LogP contribution in [-0.2, 0) is 11.3 Å². The lowest BCUT2D eigenvalue weighted by Crippen LogP contribution is -2.45. The number of methoxy groups -OCH3 is 2. The summed E-state index contributed by atoms with van der Waals surface area (Å²) >= 11 is 0. The van der Waals surface area contributed by atoms with Crippen LogP contribution in [0.3, 0.4) is 0 Å². The third-order valence-corrected chi connectivity index (χ3v) is 3.59. The standard InChI is InChI=1S/C15H23NO3/c1-15(7-4-8-16-11-15)19-10-12-5-6-13(17-2)14(9-12)18-3/h5-6,9,16H,4,7-8,10-11H2,1-3H3. The van der Waals surface area contributed by atoms with Crippen LogP contribution in [0.1, 0.15) is 25.3 Å². The molecule has 0 aliphatic carbocycles. The Kier molecular flexibility index (Phi) is 4.66. The van der Waals surface area contributed by atoms with Gasteiger partial charge >= 0.3 is 0 Å². The van der Waals surface area contributed by atoms with Gasteiger partial charge in [-0.1, -0.05) is 6.07 Å². The van der Waals surface area contributed by atoms with Crippen LogP contribution in [0.2, 0.25) is 0 Å². The molecule has 1 unspecified atom stereocenters. The van der Waals surface area contributed by atoms with Gasteiger partial charge in [-0.3, -0.25) is 0 Å². The maximum absolute atomic E-state index is 6.07. The van der Waals surface area contributed by atoms with Crippen molar-refractivity contribution >= 4 is 0 Å². The van der Waals surface area contributed by atoms with Crippen molar-refractivity contribution in [2.45, 2.75) is 32.0 Å². The first-order chi connectivity index (χ1) is 9.17. The Bertz CT molecular complexity index is 414. The Morgan fingerprint density at radius 1 is 1.21 bits per heavy atom. The molecule has 1 heterocycles. The summed E-state index contributed by atoms with van der Waals surface area (Å²) in [5, 5.41) is 3.38. The number of hydrogen-bond donors (Lipinski definition) is 1. The lowest BCUT2D eigenvalue weighted by Gasteiger charge is -2.34. The first-order valence-electron chi connectivity index (χ1n) is 6.72. The van der Waals surface area contributed by atoms with Crippen LogP contribution < -0.4 is 14.8 Å². The fraction of sp³-hybridized carbons (Fsp3) is 0.600. The molecular weight excluding hydrogens is 242 g/mol. The Morgan fingerprint density at radius 3 is 2.63 bits per heavy atom. The average molecular weight is 265 g/mol. The van der Waals surface area contributed by atoms with Crippen molar-refractivity contribution in [3.05, 3.63) is 23.8 Å². The van der Waals surface area contributed by atoms with E-state index in [2.05, 4.69) is 12.2 Å². The Morgan fingerprint density at radius 2 is 2.00 bits per heavy atom. The minimum atomic E-state index is -0.0641. The minimum absolute atomic E-state index is 0.0641. The van der Waals surface area contributed by atoms with Gasteiger partial charge in [0.25, 0.3) is 0 Å². The van der Waals surface area contributed by atoms with E-state index in [1.165, 1.54) is 6.42 Å². The van der Waals surface area contributed by atoms with E-state index in [9.17, 15) is 0 Å². The summed E-state index contributed by atoms with van der Waals surface area (Å²) < 4.78 is 16.6. The molecule has 19 heavy (non-hydrogen) atoms. The van der Waals surface area contributed by atoms with Crippen LogP contribution in [0, 0.1) is 0 Å². The van der Waals surface area contributed by atoms with E-state index in [1.807, 2.05) is 18.2 Å². The first-order valence-corrected chi connectivity index (χ1v) is 6.72. The molecule has 1 aliphatic rings. The molecule has 0 saturated carbocycles. The Hall–Kier alpha value is -1.26. The molecule has 4 heteroatoms. The topological polar surface area (TPSA) is 39.7 Å². The monoisotopic (exact) mass is 265 g/mol. The summed E-state index contributed by atoms with van der Waals surface area (Å²) in [5.41, 5.74) is 1.04. The second-order valence-electron chi connectivity index (χ2n) is 5.21. The molecule has 0 radical (unpaired) electrons. The van der Waals surface area contributed by atoms with Crippen molar-refractivity contribution in [3.63, 3.8) is 0 Å². The van der Waals surface area contributed by atoms with Crippen LogP contribution in [0.25, 0.3) is 0 Å². The second-order valence-corrected chi connectivity index (χ2v) is 5.21. The highest BCUT2D eigenvalue weighted by Crippen LogP contribution is 2.29. The molecule has 1 aromatic carbocycles. The van der Waals surface area contributed by atoms with E-state index in [-0.39, 0.29) is 5.60 Å². The van der Waals surface area contributed by atoms with Crippen LogP contribution in [-0.4, -0.2) is 32.9 Å². The van der Waals surface area contributed by atoms with Gasteiger partial charge in [-0.05, 0) is 44.0 Å². The van der Waals surface area contributed by atoms with Gasteiger partial charge in [-0.2, -0.15) is 0 Å². The molecule has 1 N–H and O–H groups in total. The lowest BCUT2D eigenvalue weighted by molar-refractivity contribution is -0.0571. The number of rotatable bonds is 5. The van der Waals surface area contributed by atoms with Crippen LogP contribution >= 0.6 is 0 Å². The van der Waals surface area contributed by atoms with Crippen LogP contribution in [0.5, 0.6) is 11.5 Å². The number of piperidine rings is 1. The van der Waals surface area contributed by atoms with E-state index >= 15 is 0 Å². The van der Waals surface area contributed by atoms with E-state index in [0.29, 0.717) is 6.61 Å². The van der Waals surface area contributed by atoms with Crippen molar-refractivity contribution in [2.24, 2.45) is 0 Å². The van der Waals surface area contributed by atoms with Gasteiger partial charge in [-0.15, -0.1) is 0 Å². The molecule has 0 aromatic heterocycles. The van der Waals surface area contributed by atoms with Crippen molar-refractivity contribution in [1.29, 1.82) is 0 Å². The molecule has 1 saturated heterocycles. The lowest BCUT2D eigenvalue weighted by atomic mass is 9.96. The maximum atomic E-state index is 6.07. The highest BCUT2D eigenvalue weighted by Gasteiger charge is 2.27. The van der Waals surface area contributed by atoms with Gasteiger partial charge < -0.3 is 19.5 Å². The largest absolute Gasteiger partial charge is 0.493 e. The molecule has 1 atom stereocenters. The Balaban J connectivity index is 1.99. The minimum Gasteiger partial charge on any atom is -0.493 e. The summed E-state index contributed by atoms with van der Waals surface area (Å²) in [4.78, 5) is 0. The van der Waals surface area contributed by atoms with E-state index in [4.69, 9.17) is 14.2 Å². The molecule has 1 aliphatic heterocycles. The highest BCUT2D eigenvalue weighted by molar-refractivity contribution is 5.42. The quantitative estimate of drug-likeness (QED) is 0.887. The predicted octanol–water partition coefficient (Wildman–Crippen LogP) is 2.36. The Labute approximate surface area is 115 Å². The molecule has 4 nitrogen and oxygen atoms in total. The molecule has 2 rings (SSSR count). The van der Waals surface area contributed by atoms with E-state index in [1.54, 1.807) is 14.2 Å². The van der Waals surface area contributed by atoms with Gasteiger partial charge in [0, 0.05) is 6.54 Å². The summed E-state index contributed by atoms with van der Waals surface area (Å²) in [6.07, 6.45) is 2.27. The molecule has 106 valence electrons. The summed E-state index contributed by atoms with van der Waals surface area (Å²) in [6, 6.07) is 5.90. The predicted molar refractivity (Wildman–Crippen MR) is 74.8 cm³/mol. The van der Waals surface area contributed by atoms with E-state index < -0.39 is 0 Å². The number of nitrogens with one attached hydrogen (secondary N) is 1. The van der Waals surface area contributed by atoms with Gasteiger partial charge in [0.2, 0.25) is 0 Å². The third-order valence-electron chi connectivity index (χ3n) is 3.59. The molecule has 0 amide bonds. The van der Waals surface area contributed by atoms with Gasteiger partial charge in [0.1, 0.15) is 0 Å². The smallest absolute Gasteiger partial charge is 0.161 e. The first kappa shape index (κ1) is 14.2. The number of benzene rings is 1. The van der Waals surface area contributed by atoms with Crippen molar-refractivity contribution < 1.29 is 14.2 Å². The van der Waals surface area contributed by atoms with Crippen LogP contribution in [0.4, 0.5) is 0 Å². The summed E-state index contributed by atoms with van der Waals surface area (Å²) in [7, 11) is 3.29. The van der Waals surface area contributed by atoms with Gasteiger partial charge in [0.05, 0.1) is 26.4 Å². The molecule has 1 fully saturated rings. The second kappa shape index (κ2) is 6.26. The number of ether oxygens (including phenoxy) is 3. The molecule has 0 spiro atoms. The zero-order chi connectivity index (χ0) is 13.7. The molecule has 1 aromatic rings. The number of hydrogen-bond acceptors (Lipinski definition) is 4. The van der Waals surface area contributed by atoms with Crippen molar-refractivity contribution in [1.82, 2.24) is 5.32 Å². The average Bonchev–Trinajstić information content (AvgIpc) is 2.45. The van der Waals surface area contributed by atoms with Crippen LogP contribution in [0.15, 0.2) is 18.2 Å².